The van der Waals surface area contributed by atoms with E-state index in [1.807, 2.05) is 0 Å². The van der Waals surface area contributed by atoms with Crippen LogP contribution in [0.3, 0.4) is 0 Å². The third kappa shape index (κ3) is 4.91. The van der Waals surface area contributed by atoms with Crippen molar-refractivity contribution in [1.82, 2.24) is 5.32 Å². The van der Waals surface area contributed by atoms with E-state index < -0.39 is 17.8 Å². The average molecular weight is 304 g/mol. The van der Waals surface area contributed by atoms with Gasteiger partial charge in [0.15, 0.2) is 0 Å². The number of urea groups is 1. The van der Waals surface area contributed by atoms with Gasteiger partial charge in [0.1, 0.15) is 0 Å². The van der Waals surface area contributed by atoms with Crippen LogP contribution in [0.4, 0.5) is 23.7 Å². The Bertz CT molecular complexity index is 471. The number of hydrogen-bond donors (Lipinski definition) is 2. The summed E-state index contributed by atoms with van der Waals surface area (Å²) >= 11 is 0. The highest BCUT2D eigenvalue weighted by molar-refractivity contribution is 5.89. The average Bonchev–Trinajstić information content (AvgIpc) is 2.46. The molecule has 1 aromatic rings. The zero-order valence-electron chi connectivity index (χ0n) is 11.1. The largest absolute Gasteiger partial charge is 0.416 e. The minimum absolute atomic E-state index is 0.211. The minimum Gasteiger partial charge on any atom is -0.376 e. The van der Waals surface area contributed by atoms with E-state index in [1.54, 1.807) is 0 Å². The molecule has 116 valence electrons. The highest BCUT2D eigenvalue weighted by Crippen LogP contribution is 2.29. The maximum Gasteiger partial charge on any atom is 0.416 e. The maximum absolute atomic E-state index is 12.4. The predicted molar refractivity (Wildman–Crippen MR) is 69.0 cm³/mol. The first kappa shape index (κ1) is 15.6. The van der Waals surface area contributed by atoms with Gasteiger partial charge in [-0.15, -0.1) is 0 Å². The molecule has 2 N–H and O–H groups in total. The lowest BCUT2D eigenvalue weighted by atomic mass is 10.2. The molecule has 0 aliphatic carbocycles. The molecule has 1 saturated heterocycles. The number of hydrogen-bond acceptors (Lipinski definition) is 3. The molecule has 0 radical (unpaired) electrons. The van der Waals surface area contributed by atoms with E-state index in [1.165, 1.54) is 12.1 Å². The molecule has 1 aliphatic rings. The third-order valence-electron chi connectivity index (χ3n) is 2.85. The number of benzene rings is 1. The number of alkyl halides is 3. The van der Waals surface area contributed by atoms with Gasteiger partial charge in [-0.05, 0) is 24.3 Å². The van der Waals surface area contributed by atoms with Gasteiger partial charge in [0, 0.05) is 12.2 Å². The van der Waals surface area contributed by atoms with Gasteiger partial charge in [0.05, 0.1) is 31.5 Å². The lowest BCUT2D eigenvalue weighted by molar-refractivity contribution is -0.137. The molecule has 21 heavy (non-hydrogen) atoms. The Morgan fingerprint density at radius 3 is 2.52 bits per heavy atom. The second-order valence-electron chi connectivity index (χ2n) is 4.48. The molecular weight excluding hydrogens is 289 g/mol. The summed E-state index contributed by atoms with van der Waals surface area (Å²) < 4.78 is 47.7. The second-order valence-corrected chi connectivity index (χ2v) is 4.48. The molecule has 1 aliphatic heterocycles. The quantitative estimate of drug-likeness (QED) is 0.900. The molecule has 1 aromatic carbocycles. The topological polar surface area (TPSA) is 59.6 Å². The Morgan fingerprint density at radius 2 is 1.95 bits per heavy atom. The zero-order valence-corrected chi connectivity index (χ0v) is 11.1. The van der Waals surface area contributed by atoms with Crippen molar-refractivity contribution >= 4 is 11.7 Å². The molecule has 5 nitrogen and oxygen atoms in total. The van der Waals surface area contributed by atoms with Gasteiger partial charge in [0.25, 0.3) is 0 Å². The summed E-state index contributed by atoms with van der Waals surface area (Å²) in [7, 11) is 0. The predicted octanol–water partition coefficient (Wildman–Crippen LogP) is 2.24. The fraction of sp³-hybridized carbons (Fsp3) is 0.462. The first-order valence-corrected chi connectivity index (χ1v) is 6.36. The summed E-state index contributed by atoms with van der Waals surface area (Å²) in [5, 5.41) is 5.01. The minimum atomic E-state index is -4.39. The number of nitrogens with one attached hydrogen (secondary N) is 2. The highest BCUT2D eigenvalue weighted by Gasteiger charge is 2.30. The van der Waals surface area contributed by atoms with Gasteiger partial charge >= 0.3 is 12.2 Å². The van der Waals surface area contributed by atoms with Gasteiger partial charge in [-0.3, -0.25) is 0 Å². The van der Waals surface area contributed by atoms with E-state index in [4.69, 9.17) is 9.47 Å². The Kier molecular flexibility index (Phi) is 5.03. The lowest BCUT2D eigenvalue weighted by Crippen LogP contribution is -2.41. The number of rotatable bonds is 3. The van der Waals surface area contributed by atoms with Crippen molar-refractivity contribution in [3.8, 4) is 0 Å². The molecule has 8 heteroatoms. The van der Waals surface area contributed by atoms with Gasteiger partial charge in [-0.25, -0.2) is 4.79 Å². The Hall–Kier alpha value is -1.80. The Labute approximate surface area is 119 Å². The fourth-order valence-corrected chi connectivity index (χ4v) is 1.78. The summed E-state index contributed by atoms with van der Waals surface area (Å²) in [6.07, 6.45) is -4.60. The first-order valence-electron chi connectivity index (χ1n) is 6.36. The standard InChI is InChI=1S/C13H15F3N2O3/c14-13(15,16)9-1-3-10(4-2-9)18-12(19)17-7-11-8-20-5-6-21-11/h1-4,11H,5-8H2,(H2,17,18,19)/t11-/m0/s1. The zero-order chi connectivity index (χ0) is 15.3. The second kappa shape index (κ2) is 6.77. The van der Waals surface area contributed by atoms with E-state index in [-0.39, 0.29) is 18.3 Å². The molecule has 2 rings (SSSR count). The number of carbonyl (C=O) groups excluding carboxylic acids is 1. The van der Waals surface area contributed by atoms with Gasteiger partial charge in [-0.2, -0.15) is 13.2 Å². The van der Waals surface area contributed by atoms with Crippen LogP contribution in [0.5, 0.6) is 0 Å². The fourth-order valence-electron chi connectivity index (χ4n) is 1.78. The number of halogens is 3. The molecule has 0 bridgehead atoms. The molecule has 1 fully saturated rings. The summed E-state index contributed by atoms with van der Waals surface area (Å²) in [6, 6.07) is 3.70. The molecule has 0 unspecified atom stereocenters. The highest BCUT2D eigenvalue weighted by atomic mass is 19.4. The number of ether oxygens (including phenoxy) is 2. The molecule has 1 atom stereocenters. The van der Waals surface area contributed by atoms with E-state index in [9.17, 15) is 18.0 Å². The van der Waals surface area contributed by atoms with Crippen LogP contribution in [0.25, 0.3) is 0 Å². The summed E-state index contributed by atoms with van der Waals surface area (Å²) in [5.41, 5.74) is -0.484. The van der Waals surface area contributed by atoms with Crippen molar-refractivity contribution in [3.05, 3.63) is 29.8 Å². The van der Waals surface area contributed by atoms with Crippen LogP contribution in [0.1, 0.15) is 5.56 Å². The number of amides is 2. The van der Waals surface area contributed by atoms with E-state index in [0.717, 1.165) is 12.1 Å². The molecular formula is C13H15F3N2O3. The van der Waals surface area contributed by atoms with Crippen LogP contribution in [0, 0.1) is 0 Å². The van der Waals surface area contributed by atoms with E-state index in [0.29, 0.717) is 19.8 Å². The first-order chi connectivity index (χ1) is 9.95. The number of carbonyl (C=O) groups is 1. The van der Waals surface area contributed by atoms with Crippen LogP contribution in [0.2, 0.25) is 0 Å². The van der Waals surface area contributed by atoms with Crippen molar-refractivity contribution in [2.75, 3.05) is 31.7 Å². The van der Waals surface area contributed by atoms with Crippen LogP contribution >= 0.6 is 0 Å². The van der Waals surface area contributed by atoms with Crippen LogP contribution in [-0.4, -0.2) is 38.5 Å². The van der Waals surface area contributed by atoms with Crippen molar-refractivity contribution in [1.29, 1.82) is 0 Å². The van der Waals surface area contributed by atoms with Crippen molar-refractivity contribution in [2.45, 2.75) is 12.3 Å². The van der Waals surface area contributed by atoms with Gasteiger partial charge < -0.3 is 20.1 Å². The molecule has 1 heterocycles. The molecule has 2 amide bonds. The molecule has 0 saturated carbocycles. The monoisotopic (exact) mass is 304 g/mol. The number of anilines is 1. The molecule has 0 spiro atoms. The van der Waals surface area contributed by atoms with E-state index in [2.05, 4.69) is 10.6 Å². The lowest BCUT2D eigenvalue weighted by Gasteiger charge is -2.23. The maximum atomic E-state index is 12.4. The Morgan fingerprint density at radius 1 is 1.24 bits per heavy atom. The summed E-state index contributed by atoms with van der Waals surface area (Å²) in [5.74, 6) is 0. The molecule has 0 aromatic heterocycles. The Balaban J connectivity index is 1.79. The third-order valence-corrected chi connectivity index (χ3v) is 2.85. The van der Waals surface area contributed by atoms with Crippen molar-refractivity contribution in [2.24, 2.45) is 0 Å². The van der Waals surface area contributed by atoms with Crippen molar-refractivity contribution < 1.29 is 27.4 Å². The van der Waals surface area contributed by atoms with Crippen LogP contribution < -0.4 is 10.6 Å². The van der Waals surface area contributed by atoms with Gasteiger partial charge in [-0.1, -0.05) is 0 Å². The smallest absolute Gasteiger partial charge is 0.376 e. The van der Waals surface area contributed by atoms with Gasteiger partial charge in [0.2, 0.25) is 0 Å². The normalized spacial score (nSPS) is 19.1. The summed E-state index contributed by atoms with van der Waals surface area (Å²) in [4.78, 5) is 11.6. The van der Waals surface area contributed by atoms with Crippen LogP contribution in [0.15, 0.2) is 24.3 Å². The SMILES string of the molecule is O=C(NC[C@H]1COCCO1)Nc1ccc(C(F)(F)F)cc1. The van der Waals surface area contributed by atoms with E-state index >= 15 is 0 Å². The van der Waals surface area contributed by atoms with Crippen molar-refractivity contribution in [3.63, 3.8) is 0 Å². The van der Waals surface area contributed by atoms with Crippen LogP contribution in [-0.2, 0) is 15.7 Å². The summed E-state index contributed by atoms with van der Waals surface area (Å²) in [6.45, 7) is 1.69.